The van der Waals surface area contributed by atoms with E-state index < -0.39 is 17.7 Å². The third kappa shape index (κ3) is 5.41. The summed E-state index contributed by atoms with van der Waals surface area (Å²) in [5.74, 6) is -0.497. The predicted molar refractivity (Wildman–Crippen MR) is 167 cm³/mol. The molecular formula is C33H27N3O4S2. The Bertz CT molecular complexity index is 1800. The number of ether oxygens (including phenoxy) is 1. The highest BCUT2D eigenvalue weighted by Gasteiger charge is 2.48. The number of rotatable bonds is 9. The van der Waals surface area contributed by atoms with Crippen LogP contribution in [0.1, 0.15) is 36.1 Å². The van der Waals surface area contributed by atoms with Gasteiger partial charge < -0.3 is 9.84 Å². The van der Waals surface area contributed by atoms with Crippen LogP contribution >= 0.6 is 23.1 Å². The van der Waals surface area contributed by atoms with Crippen molar-refractivity contribution in [3.63, 3.8) is 0 Å². The number of carbonyl (C=O) groups excluding carboxylic acids is 2. The van der Waals surface area contributed by atoms with Crippen LogP contribution < -0.4 is 9.64 Å². The molecule has 6 rings (SSSR count). The number of aromatic nitrogens is 2. The van der Waals surface area contributed by atoms with E-state index in [1.165, 1.54) is 44.3 Å². The number of Topliss-reactive ketones (excluding diaryl/α,β-unsaturated/α-hetero) is 1. The Morgan fingerprint density at radius 1 is 0.952 bits per heavy atom. The van der Waals surface area contributed by atoms with Crippen molar-refractivity contribution >= 4 is 56.5 Å². The molecule has 1 amide bonds. The standard InChI is InChI=1S/C33H27N3O4S2/c1-2-18-40-25-16-9-14-23(19-25)28-27(29(37)22-11-4-3-5-12-22)30(38)31(39)36(28)32-34-35-33(42-32)41-20-24-15-8-13-21-10-6-7-17-26(21)24/h3-17,19,28,37H,2,18,20H2,1H3. The Balaban J connectivity index is 1.37. The van der Waals surface area contributed by atoms with Crippen LogP contribution in [-0.2, 0) is 15.3 Å². The summed E-state index contributed by atoms with van der Waals surface area (Å²) in [6.45, 7) is 2.55. The van der Waals surface area contributed by atoms with Crippen molar-refractivity contribution in [1.82, 2.24) is 10.2 Å². The van der Waals surface area contributed by atoms with Gasteiger partial charge in [-0.3, -0.25) is 14.5 Å². The van der Waals surface area contributed by atoms with Crippen molar-refractivity contribution in [1.29, 1.82) is 0 Å². The number of nitrogens with zero attached hydrogens (tertiary/aromatic N) is 3. The molecule has 1 fully saturated rings. The lowest BCUT2D eigenvalue weighted by Crippen LogP contribution is -2.29. The van der Waals surface area contributed by atoms with Gasteiger partial charge in [0.05, 0.1) is 18.2 Å². The lowest BCUT2D eigenvalue weighted by atomic mass is 9.95. The van der Waals surface area contributed by atoms with Crippen LogP contribution in [0.4, 0.5) is 5.13 Å². The maximum atomic E-state index is 13.6. The molecule has 4 aromatic carbocycles. The van der Waals surface area contributed by atoms with Crippen LogP contribution in [0, 0.1) is 0 Å². The second-order valence-corrected chi connectivity index (χ2v) is 11.9. The van der Waals surface area contributed by atoms with E-state index in [1.54, 1.807) is 30.3 Å². The minimum atomic E-state index is -0.903. The number of hydrogen-bond donors (Lipinski definition) is 1. The summed E-state index contributed by atoms with van der Waals surface area (Å²) in [5, 5.41) is 22.6. The van der Waals surface area contributed by atoms with Crippen LogP contribution in [0.2, 0.25) is 0 Å². The molecule has 0 spiro atoms. The predicted octanol–water partition coefficient (Wildman–Crippen LogP) is 7.40. The average Bonchev–Trinajstić information content (AvgIpc) is 3.60. The first kappa shape index (κ1) is 27.7. The van der Waals surface area contributed by atoms with Gasteiger partial charge in [0, 0.05) is 11.3 Å². The summed E-state index contributed by atoms with van der Waals surface area (Å²) in [6, 6.07) is 29.5. The number of anilines is 1. The van der Waals surface area contributed by atoms with Crippen molar-refractivity contribution in [2.75, 3.05) is 11.5 Å². The summed E-state index contributed by atoms with van der Waals surface area (Å²) in [5.41, 5.74) is 2.24. The topological polar surface area (TPSA) is 92.6 Å². The van der Waals surface area contributed by atoms with Gasteiger partial charge >= 0.3 is 5.91 Å². The highest BCUT2D eigenvalue weighted by atomic mass is 32.2. The van der Waals surface area contributed by atoms with E-state index in [4.69, 9.17) is 4.74 Å². The molecule has 0 saturated carbocycles. The largest absolute Gasteiger partial charge is 0.507 e. The van der Waals surface area contributed by atoms with Crippen LogP contribution in [0.25, 0.3) is 16.5 Å². The first-order valence-corrected chi connectivity index (χ1v) is 15.4. The van der Waals surface area contributed by atoms with Crippen molar-refractivity contribution in [3.8, 4) is 5.75 Å². The van der Waals surface area contributed by atoms with Crippen LogP contribution in [0.15, 0.2) is 107 Å². The maximum Gasteiger partial charge on any atom is 0.301 e. The summed E-state index contributed by atoms with van der Waals surface area (Å²) in [7, 11) is 0. The first-order valence-electron chi connectivity index (χ1n) is 13.6. The van der Waals surface area contributed by atoms with E-state index in [2.05, 4.69) is 34.5 Å². The van der Waals surface area contributed by atoms with E-state index >= 15 is 0 Å². The maximum absolute atomic E-state index is 13.6. The fourth-order valence-electron chi connectivity index (χ4n) is 5.01. The minimum absolute atomic E-state index is 0.000926. The van der Waals surface area contributed by atoms with Gasteiger partial charge in [-0.2, -0.15) is 0 Å². The molecule has 1 saturated heterocycles. The Labute approximate surface area is 251 Å². The number of fused-ring (bicyclic) bond motifs is 1. The summed E-state index contributed by atoms with van der Waals surface area (Å²) in [4.78, 5) is 28.4. The number of thioether (sulfide) groups is 1. The molecule has 7 nitrogen and oxygen atoms in total. The number of carbonyl (C=O) groups is 2. The Hall–Kier alpha value is -4.47. The molecule has 42 heavy (non-hydrogen) atoms. The fourth-order valence-corrected chi connectivity index (χ4v) is 6.88. The van der Waals surface area contributed by atoms with Gasteiger partial charge in [0.25, 0.3) is 5.78 Å². The summed E-state index contributed by atoms with van der Waals surface area (Å²) < 4.78 is 6.51. The number of ketones is 1. The van der Waals surface area contributed by atoms with Crippen molar-refractivity contribution in [2.24, 2.45) is 0 Å². The average molecular weight is 594 g/mol. The molecule has 1 aliphatic rings. The molecule has 2 heterocycles. The zero-order valence-corrected chi connectivity index (χ0v) is 24.4. The monoisotopic (exact) mass is 593 g/mol. The van der Waals surface area contributed by atoms with Crippen LogP contribution in [-0.4, -0.2) is 33.6 Å². The second-order valence-electron chi connectivity index (χ2n) is 9.73. The molecule has 1 N–H and O–H groups in total. The van der Waals surface area contributed by atoms with Crippen LogP contribution in [0.3, 0.4) is 0 Å². The number of benzene rings is 4. The van der Waals surface area contributed by atoms with Crippen LogP contribution in [0.5, 0.6) is 5.75 Å². The number of amides is 1. The van der Waals surface area contributed by atoms with Gasteiger partial charge in [-0.05, 0) is 40.5 Å². The molecule has 0 radical (unpaired) electrons. The molecule has 1 atom stereocenters. The molecule has 5 aromatic rings. The highest BCUT2D eigenvalue weighted by Crippen LogP contribution is 2.44. The molecule has 1 aromatic heterocycles. The number of hydrogen-bond acceptors (Lipinski definition) is 8. The zero-order chi connectivity index (χ0) is 29.1. The third-order valence-electron chi connectivity index (χ3n) is 6.97. The SMILES string of the molecule is CCCOc1cccc(C2C(=C(O)c3ccccc3)C(=O)C(=O)N2c2nnc(SCc3cccc4ccccc34)s2)c1. The minimum Gasteiger partial charge on any atom is -0.507 e. The van der Waals surface area contributed by atoms with Crippen molar-refractivity contribution in [2.45, 2.75) is 29.5 Å². The molecule has 1 unspecified atom stereocenters. The Kier molecular flexibility index (Phi) is 8.03. The Morgan fingerprint density at radius 3 is 2.55 bits per heavy atom. The van der Waals surface area contributed by atoms with Gasteiger partial charge in [-0.25, -0.2) is 0 Å². The molecule has 9 heteroatoms. The van der Waals surface area contributed by atoms with Gasteiger partial charge in [0.1, 0.15) is 11.5 Å². The molecule has 210 valence electrons. The van der Waals surface area contributed by atoms with E-state index in [0.717, 1.165) is 6.42 Å². The molecule has 0 aliphatic carbocycles. The highest BCUT2D eigenvalue weighted by molar-refractivity contribution is 8.00. The lowest BCUT2D eigenvalue weighted by molar-refractivity contribution is -0.132. The molecule has 1 aliphatic heterocycles. The van der Waals surface area contributed by atoms with Crippen molar-refractivity contribution < 1.29 is 19.4 Å². The summed E-state index contributed by atoms with van der Waals surface area (Å²) >= 11 is 2.77. The quantitative estimate of drug-likeness (QED) is 0.0626. The Morgan fingerprint density at radius 2 is 1.71 bits per heavy atom. The van der Waals surface area contributed by atoms with E-state index in [1.807, 2.05) is 49.4 Å². The van der Waals surface area contributed by atoms with E-state index in [-0.39, 0.29) is 16.5 Å². The van der Waals surface area contributed by atoms with Gasteiger partial charge in [0.15, 0.2) is 4.34 Å². The smallest absolute Gasteiger partial charge is 0.301 e. The number of aliphatic hydroxyl groups is 1. The van der Waals surface area contributed by atoms with E-state index in [0.29, 0.717) is 33.6 Å². The zero-order valence-electron chi connectivity index (χ0n) is 22.8. The molecule has 0 bridgehead atoms. The van der Waals surface area contributed by atoms with Gasteiger partial charge in [-0.1, -0.05) is 115 Å². The lowest BCUT2D eigenvalue weighted by Gasteiger charge is -2.23. The van der Waals surface area contributed by atoms with Gasteiger partial charge in [-0.15, -0.1) is 10.2 Å². The fraction of sp³-hybridized carbons (Fsp3) is 0.152. The third-order valence-corrected chi connectivity index (χ3v) is 9.08. The second kappa shape index (κ2) is 12.2. The van der Waals surface area contributed by atoms with Gasteiger partial charge in [0.2, 0.25) is 5.13 Å². The number of aliphatic hydroxyl groups excluding tert-OH is 1. The van der Waals surface area contributed by atoms with Crippen molar-refractivity contribution in [3.05, 3.63) is 119 Å². The normalized spacial score (nSPS) is 16.3. The first-order chi connectivity index (χ1) is 20.5. The van der Waals surface area contributed by atoms with E-state index in [9.17, 15) is 14.7 Å². The summed E-state index contributed by atoms with van der Waals surface area (Å²) in [6.07, 6.45) is 0.834. The molecular weight excluding hydrogens is 567 g/mol.